The topological polar surface area (TPSA) is 114 Å². The van der Waals surface area contributed by atoms with Crippen molar-refractivity contribution in [2.24, 2.45) is 9.98 Å². The van der Waals surface area contributed by atoms with Crippen LogP contribution in [0.15, 0.2) is 16.1 Å². The van der Waals surface area contributed by atoms with E-state index in [-0.39, 0.29) is 6.08 Å². The summed E-state index contributed by atoms with van der Waals surface area (Å²) in [6.07, 6.45) is -8.08. The Morgan fingerprint density at radius 1 is 0.457 bits per heavy atom. The Morgan fingerprint density at radius 2 is 0.714 bits per heavy atom. The van der Waals surface area contributed by atoms with Gasteiger partial charge in [0.15, 0.2) is 6.73 Å². The highest BCUT2D eigenvalue weighted by Gasteiger charge is 3.02. The second-order valence-corrected chi connectivity index (χ2v) is 13.1. The van der Waals surface area contributed by atoms with Crippen LogP contribution >= 0.6 is 0 Å². The number of carbonyl (C=O) groups is 2. The van der Waals surface area contributed by atoms with E-state index in [1.807, 2.05) is 0 Å². The Bertz CT molecular complexity index is 2290. The number of hydrogen-bond acceptors (Lipinski definition) is 7. The van der Waals surface area contributed by atoms with Crippen molar-refractivity contribution in [1.82, 2.24) is 5.32 Å². The van der Waals surface area contributed by atoms with Crippen LogP contribution in [0.5, 0.6) is 0 Å². The molecule has 1 amide bonds. The highest BCUT2D eigenvalue weighted by molar-refractivity contribution is 5.99. The number of carbonyl (C=O) groups excluding carboxylic acids is 4. The van der Waals surface area contributed by atoms with Crippen LogP contribution in [0.4, 0.5) is 156 Å². The molecule has 0 unspecified atom stereocenters. The van der Waals surface area contributed by atoms with E-state index in [1.165, 1.54) is 0 Å². The van der Waals surface area contributed by atoms with Gasteiger partial charge in [-0.2, -0.15) is 155 Å². The van der Waals surface area contributed by atoms with Crippen LogP contribution in [0.2, 0.25) is 0 Å². The molecular formula is C29H10F33N3O5. The minimum atomic E-state index is -10.4. The molecule has 70 heavy (non-hydrogen) atoms. The molecule has 41 heteroatoms. The van der Waals surface area contributed by atoms with Crippen molar-refractivity contribution in [1.29, 1.82) is 0 Å². The lowest BCUT2D eigenvalue weighted by Crippen LogP contribution is -2.79. The zero-order valence-corrected chi connectivity index (χ0v) is 31.7. The van der Waals surface area contributed by atoms with Crippen LogP contribution in [-0.2, 0) is 25.0 Å². The van der Waals surface area contributed by atoms with Crippen molar-refractivity contribution >= 4 is 35.4 Å². The maximum atomic E-state index is 15.7. The van der Waals surface area contributed by atoms with Crippen molar-refractivity contribution in [3.8, 4) is 0 Å². The molecule has 0 saturated carbocycles. The molecule has 1 rings (SSSR count). The van der Waals surface area contributed by atoms with E-state index in [0.29, 0.717) is 19.9 Å². The van der Waals surface area contributed by atoms with E-state index in [2.05, 4.69) is 14.7 Å². The second kappa shape index (κ2) is 17.4. The molecule has 1 aromatic rings. The Kier molecular flexibility index (Phi) is 15.6. The van der Waals surface area contributed by atoms with Crippen LogP contribution in [0.3, 0.4) is 0 Å². The molecule has 0 atom stereocenters. The first-order valence-corrected chi connectivity index (χ1v) is 15.9. The fourth-order valence-corrected chi connectivity index (χ4v) is 4.82. The van der Waals surface area contributed by atoms with Gasteiger partial charge in [0, 0.05) is 6.92 Å². The first-order chi connectivity index (χ1) is 30.4. The third-order valence-electron chi connectivity index (χ3n) is 8.72. The molecule has 1 aromatic carbocycles. The average Bonchev–Trinajstić information content (AvgIpc) is 3.17. The summed E-state index contributed by atoms with van der Waals surface area (Å²) < 4.78 is 470. The van der Waals surface area contributed by atoms with Gasteiger partial charge in [0.2, 0.25) is 12.2 Å². The predicted octanol–water partition coefficient (Wildman–Crippen LogP) is 11.7. The highest BCUT2D eigenvalue weighted by Crippen LogP contribution is 2.70. The number of nitrogens with one attached hydrogen (secondary N) is 1. The van der Waals surface area contributed by atoms with Gasteiger partial charge in [-0.25, -0.2) is 9.59 Å². The molecule has 0 aliphatic heterocycles. The van der Waals surface area contributed by atoms with Gasteiger partial charge in [-0.1, -0.05) is 0 Å². The van der Waals surface area contributed by atoms with Crippen molar-refractivity contribution in [3.63, 3.8) is 0 Å². The Morgan fingerprint density at radius 3 is 0.971 bits per heavy atom. The fraction of sp³-hybridized carbons (Fsp3) is 0.655. The minimum Gasteiger partial charge on any atom is -0.445 e. The number of hydrogen-bond donors (Lipinski definition) is 1. The van der Waals surface area contributed by atoms with Gasteiger partial charge < -0.3 is 10.1 Å². The van der Waals surface area contributed by atoms with E-state index in [4.69, 9.17) is 0 Å². The molecule has 0 radical (unpaired) electrons. The quantitative estimate of drug-likeness (QED) is 0.0459. The monoisotopic (exact) mass is 1110 g/mol. The molecule has 8 nitrogen and oxygen atoms in total. The number of esters is 1. The van der Waals surface area contributed by atoms with Crippen LogP contribution < -0.4 is 5.32 Å². The number of benzene rings is 1. The van der Waals surface area contributed by atoms with Crippen LogP contribution in [0, 0.1) is 6.92 Å². The van der Waals surface area contributed by atoms with E-state index < -0.39 is 148 Å². The van der Waals surface area contributed by atoms with Gasteiger partial charge in [0.25, 0.3) is 5.91 Å². The van der Waals surface area contributed by atoms with Crippen molar-refractivity contribution in [2.75, 3.05) is 6.73 Å². The zero-order chi connectivity index (χ0) is 56.7. The van der Waals surface area contributed by atoms with Gasteiger partial charge in [0.1, 0.15) is 11.4 Å². The molecule has 0 heterocycles. The van der Waals surface area contributed by atoms with Gasteiger partial charge >= 0.3 is 101 Å². The number of alkyl halides is 33. The van der Waals surface area contributed by atoms with E-state index in [9.17, 15) is 147 Å². The average molecular weight is 1110 g/mol. The van der Waals surface area contributed by atoms with Crippen LogP contribution in [-0.4, -0.2) is 120 Å². The number of amides is 1. The molecule has 402 valence electrons. The number of rotatable bonds is 20. The smallest absolute Gasteiger partial charge is 0.445 e. The van der Waals surface area contributed by atoms with Crippen molar-refractivity contribution in [3.05, 3.63) is 22.8 Å². The van der Waals surface area contributed by atoms with E-state index >= 15 is 17.6 Å². The number of nitrogens with zero attached hydrogens (tertiary/aromatic N) is 2. The van der Waals surface area contributed by atoms with Gasteiger partial charge in [-0.3, -0.25) is 9.59 Å². The molecule has 0 bridgehead atoms. The standard InChI is InChI=1S/C29H10F33N3O5/c1-7-3-9(13(69)65-6-70-8(2)68)10(12(64-5-67)11(7)63-4-66)14(30,31)15(32,33)16(34,35)17(36,37)18(38,39)19(40,41)20(42,43)21(44,45)22(46,47)23(48,49)24(50,51)25(52,53)26(54,55)27(56,57)28(58,59)29(60,61)62/h3H,6H2,1-2H3,(H,65,69). The van der Waals surface area contributed by atoms with Gasteiger partial charge in [0.05, 0.1) is 11.1 Å². The number of aryl methyl sites for hydroxylation is 1. The second-order valence-electron chi connectivity index (χ2n) is 13.1. The summed E-state index contributed by atoms with van der Waals surface area (Å²) in [5.74, 6) is -151. The maximum Gasteiger partial charge on any atom is 0.460 e. The zero-order valence-electron chi connectivity index (χ0n) is 31.7. The molecular weight excluding hydrogens is 1100 g/mol. The normalized spacial score (nSPS) is 15.2. The van der Waals surface area contributed by atoms with Crippen LogP contribution in [0.1, 0.15) is 28.4 Å². The summed E-state index contributed by atoms with van der Waals surface area (Å²) >= 11 is 0. The summed E-state index contributed by atoms with van der Waals surface area (Å²) in [5, 5.41) is 1.09. The first-order valence-electron chi connectivity index (χ1n) is 15.9. The maximum absolute atomic E-state index is 15.7. The molecule has 0 spiro atoms. The molecule has 1 N–H and O–H groups in total. The van der Waals surface area contributed by atoms with Crippen molar-refractivity contribution < 1.29 is 169 Å². The summed E-state index contributed by atoms with van der Waals surface area (Å²) in [5.41, 5.74) is -12.1. The van der Waals surface area contributed by atoms with Gasteiger partial charge in [-0.15, -0.1) is 0 Å². The molecule has 0 aliphatic rings. The summed E-state index contributed by atoms with van der Waals surface area (Å²) in [6, 6.07) is -0.427. The number of aliphatic imine (C=N–C) groups is 2. The minimum absolute atomic E-state index is 0.0594. The predicted molar refractivity (Wildman–Crippen MR) is 150 cm³/mol. The molecule has 0 saturated heterocycles. The lowest BCUT2D eigenvalue weighted by Gasteiger charge is -2.47. The molecule has 0 aliphatic carbocycles. The molecule has 0 aromatic heterocycles. The first kappa shape index (κ1) is 62.6. The SMILES string of the molecule is CC(=O)OCNC(=O)c1cc(C)c(N=C=O)c(N=C=O)c1C(F)(F)C(F)(F)C(F)(F)C(F)(F)C(F)(F)C(F)(F)C(F)(F)C(F)(F)C(F)(F)C(F)(F)C(F)(F)C(F)(F)C(F)(F)C(F)(F)C(F)(F)C(F)(F)F. The third-order valence-corrected chi connectivity index (χ3v) is 8.72. The van der Waals surface area contributed by atoms with Crippen molar-refractivity contribution in [2.45, 2.75) is 109 Å². The Hall–Kier alpha value is -5.39. The summed E-state index contributed by atoms with van der Waals surface area (Å²) in [4.78, 5) is 49.7. The largest absolute Gasteiger partial charge is 0.460 e. The van der Waals surface area contributed by atoms with E-state index in [1.54, 1.807) is 0 Å². The van der Waals surface area contributed by atoms with Crippen LogP contribution in [0.25, 0.3) is 0 Å². The third kappa shape index (κ3) is 8.07. The number of isocyanates is 2. The Balaban J connectivity index is 4.35. The lowest BCUT2D eigenvalue weighted by atomic mass is 9.81. The summed E-state index contributed by atoms with van der Waals surface area (Å²) in [7, 11) is 0. The molecule has 0 fully saturated rings. The lowest BCUT2D eigenvalue weighted by molar-refractivity contribution is -0.491. The Labute approximate surface area is 358 Å². The van der Waals surface area contributed by atoms with Gasteiger partial charge in [-0.05, 0) is 18.6 Å². The van der Waals surface area contributed by atoms with E-state index in [0.717, 1.165) is 5.32 Å². The number of halogens is 33. The summed E-state index contributed by atoms with van der Waals surface area (Å²) in [6.45, 7) is -0.820. The fourth-order valence-electron chi connectivity index (χ4n) is 4.82. The number of ether oxygens (including phenoxy) is 1. The highest BCUT2D eigenvalue weighted by atomic mass is 19.4.